The molecule has 166 valence electrons. The van der Waals surface area contributed by atoms with Crippen LogP contribution in [0.1, 0.15) is 43.1 Å². The third-order valence-electron chi connectivity index (χ3n) is 4.89. The van der Waals surface area contributed by atoms with Gasteiger partial charge in [0.25, 0.3) is 0 Å². The zero-order valence-electron chi connectivity index (χ0n) is 17.8. The predicted molar refractivity (Wildman–Crippen MR) is 116 cm³/mol. The lowest BCUT2D eigenvalue weighted by molar-refractivity contribution is -0.151. The Labute approximate surface area is 186 Å². The Balaban J connectivity index is 1.69. The zero-order chi connectivity index (χ0) is 22.2. The highest BCUT2D eigenvalue weighted by molar-refractivity contribution is 6.30. The quantitative estimate of drug-likeness (QED) is 0.623. The molecule has 0 radical (unpaired) electrons. The molecular formula is C21H27ClN6O3. The van der Waals surface area contributed by atoms with E-state index in [1.807, 2.05) is 19.1 Å². The summed E-state index contributed by atoms with van der Waals surface area (Å²) in [6.07, 6.45) is 5.46. The Morgan fingerprint density at radius 3 is 2.94 bits per heavy atom. The number of carbonyl (C=O) groups is 2. The summed E-state index contributed by atoms with van der Waals surface area (Å²) in [5.74, 6) is 0.244. The van der Waals surface area contributed by atoms with E-state index >= 15 is 0 Å². The van der Waals surface area contributed by atoms with Crippen molar-refractivity contribution in [2.45, 2.75) is 45.9 Å². The number of aromatic nitrogens is 4. The molecule has 1 fully saturated rings. The first-order valence-corrected chi connectivity index (χ1v) is 10.7. The highest BCUT2D eigenvalue weighted by Crippen LogP contribution is 2.21. The molecule has 1 atom stereocenters. The second kappa shape index (κ2) is 11.0. The van der Waals surface area contributed by atoms with Gasteiger partial charge in [-0.2, -0.15) is 4.80 Å². The summed E-state index contributed by atoms with van der Waals surface area (Å²) in [5, 5.41) is 15.4. The first kappa shape index (κ1) is 22.9. The molecule has 10 heteroatoms. The van der Waals surface area contributed by atoms with E-state index in [-0.39, 0.29) is 18.4 Å². The van der Waals surface area contributed by atoms with Crippen molar-refractivity contribution in [2.75, 3.05) is 19.7 Å². The molecule has 2 amide bonds. The van der Waals surface area contributed by atoms with Crippen LogP contribution in [0.3, 0.4) is 0 Å². The average molecular weight is 447 g/mol. The van der Waals surface area contributed by atoms with Crippen molar-refractivity contribution < 1.29 is 14.3 Å². The Hall–Kier alpha value is -2.78. The van der Waals surface area contributed by atoms with Crippen LogP contribution in [0.25, 0.3) is 6.08 Å². The Bertz CT molecular complexity index is 945. The molecule has 1 saturated heterocycles. The van der Waals surface area contributed by atoms with Gasteiger partial charge >= 0.3 is 0 Å². The number of hydrogen-bond donors (Lipinski definition) is 1. The van der Waals surface area contributed by atoms with E-state index < -0.39 is 6.23 Å². The van der Waals surface area contributed by atoms with Gasteiger partial charge in [-0.15, -0.1) is 10.2 Å². The molecular weight excluding hydrogens is 420 g/mol. The van der Waals surface area contributed by atoms with E-state index in [0.717, 1.165) is 24.0 Å². The van der Waals surface area contributed by atoms with E-state index in [1.54, 1.807) is 24.0 Å². The third-order valence-corrected chi connectivity index (χ3v) is 5.12. The lowest BCUT2D eigenvalue weighted by Gasteiger charge is -2.34. The van der Waals surface area contributed by atoms with Crippen LogP contribution in [0.5, 0.6) is 0 Å². The highest BCUT2D eigenvalue weighted by atomic mass is 35.5. The summed E-state index contributed by atoms with van der Waals surface area (Å²) >= 11 is 6.16. The number of carbonyl (C=O) groups excluding carboxylic acids is 2. The second-order valence-electron chi connectivity index (χ2n) is 7.29. The van der Waals surface area contributed by atoms with Crippen LogP contribution in [0.15, 0.2) is 24.3 Å². The molecule has 0 saturated carbocycles. The fourth-order valence-corrected chi connectivity index (χ4v) is 3.61. The van der Waals surface area contributed by atoms with Gasteiger partial charge in [-0.25, -0.2) is 0 Å². The van der Waals surface area contributed by atoms with E-state index in [0.29, 0.717) is 36.9 Å². The summed E-state index contributed by atoms with van der Waals surface area (Å²) in [7, 11) is 0. The van der Waals surface area contributed by atoms with E-state index in [4.69, 9.17) is 16.3 Å². The Morgan fingerprint density at radius 1 is 1.35 bits per heavy atom. The van der Waals surface area contributed by atoms with Crippen molar-refractivity contribution in [2.24, 2.45) is 0 Å². The highest BCUT2D eigenvalue weighted by Gasteiger charge is 2.26. The maximum Gasteiger partial charge on any atom is 0.248 e. The molecule has 3 rings (SSSR count). The van der Waals surface area contributed by atoms with Crippen LogP contribution >= 0.6 is 11.6 Å². The number of likely N-dealkylation sites (tertiary alicyclic amines) is 1. The summed E-state index contributed by atoms with van der Waals surface area (Å²) in [5.41, 5.74) is 1.71. The number of rotatable bonds is 8. The minimum absolute atomic E-state index is 0.0579. The van der Waals surface area contributed by atoms with Gasteiger partial charge in [0, 0.05) is 24.2 Å². The first-order chi connectivity index (χ1) is 15.0. The normalized spacial score (nSPS) is 16.6. The summed E-state index contributed by atoms with van der Waals surface area (Å²) in [6.45, 7) is 5.09. The number of nitrogens with one attached hydrogen (secondary N) is 1. The molecule has 0 spiro atoms. The maximum atomic E-state index is 12.9. The lowest BCUT2D eigenvalue weighted by atomic mass is 10.1. The predicted octanol–water partition coefficient (Wildman–Crippen LogP) is 2.19. The fraction of sp³-hybridized carbons (Fsp3) is 0.476. The molecule has 1 unspecified atom stereocenters. The number of piperidine rings is 1. The van der Waals surface area contributed by atoms with Crippen LogP contribution in [-0.4, -0.2) is 62.8 Å². The van der Waals surface area contributed by atoms with Gasteiger partial charge in [-0.1, -0.05) is 17.7 Å². The number of nitrogens with zero attached hydrogens (tertiary/aromatic N) is 5. The molecule has 0 bridgehead atoms. The minimum atomic E-state index is -0.402. The standard InChI is InChI=1S/C21H27ClN6O3/c1-3-23-19(29)14-31-21-6-4-5-11-27(21)20(30)10-8-16-7-9-18(22)12-17(16)13-28-25-15(2)24-26-28/h7-10,12,21H,3-6,11,13-14H2,1-2H3,(H,23,29). The Kier molecular flexibility index (Phi) is 8.13. The largest absolute Gasteiger partial charge is 0.354 e. The number of amides is 2. The van der Waals surface area contributed by atoms with Gasteiger partial charge < -0.3 is 15.0 Å². The smallest absolute Gasteiger partial charge is 0.248 e. The number of likely N-dealkylation sites (N-methyl/N-ethyl adjacent to an activating group) is 1. The van der Waals surface area contributed by atoms with Gasteiger partial charge in [0.05, 0.1) is 6.54 Å². The molecule has 0 aliphatic carbocycles. The number of aryl methyl sites for hydroxylation is 1. The Morgan fingerprint density at radius 2 is 2.19 bits per heavy atom. The number of tetrazole rings is 1. The average Bonchev–Trinajstić information content (AvgIpc) is 3.16. The molecule has 1 aliphatic heterocycles. The maximum absolute atomic E-state index is 12.9. The van der Waals surface area contributed by atoms with E-state index in [2.05, 4.69) is 20.7 Å². The summed E-state index contributed by atoms with van der Waals surface area (Å²) in [6, 6.07) is 5.45. The molecule has 2 aromatic rings. The number of benzene rings is 1. The zero-order valence-corrected chi connectivity index (χ0v) is 18.5. The molecule has 1 N–H and O–H groups in total. The van der Waals surface area contributed by atoms with Crippen molar-refractivity contribution in [3.05, 3.63) is 46.2 Å². The van der Waals surface area contributed by atoms with Crippen molar-refractivity contribution in [3.8, 4) is 0 Å². The van der Waals surface area contributed by atoms with E-state index in [1.165, 1.54) is 10.9 Å². The number of hydrogen-bond acceptors (Lipinski definition) is 6. The van der Waals surface area contributed by atoms with Gasteiger partial charge in [0.2, 0.25) is 11.8 Å². The van der Waals surface area contributed by atoms with Gasteiger partial charge in [-0.05, 0) is 67.7 Å². The summed E-state index contributed by atoms with van der Waals surface area (Å²) < 4.78 is 5.72. The molecule has 1 aliphatic rings. The van der Waals surface area contributed by atoms with Crippen LogP contribution < -0.4 is 5.32 Å². The fourth-order valence-electron chi connectivity index (χ4n) is 3.42. The monoisotopic (exact) mass is 446 g/mol. The van der Waals surface area contributed by atoms with Gasteiger partial charge in [0.15, 0.2) is 5.82 Å². The van der Waals surface area contributed by atoms with Crippen LogP contribution in [-0.2, 0) is 20.9 Å². The minimum Gasteiger partial charge on any atom is -0.354 e. The molecule has 1 aromatic carbocycles. The molecule has 31 heavy (non-hydrogen) atoms. The van der Waals surface area contributed by atoms with Crippen LogP contribution in [0.2, 0.25) is 5.02 Å². The lowest BCUT2D eigenvalue weighted by Crippen LogP contribution is -2.45. The van der Waals surface area contributed by atoms with Crippen molar-refractivity contribution in [3.63, 3.8) is 0 Å². The van der Waals surface area contributed by atoms with Crippen molar-refractivity contribution in [1.29, 1.82) is 0 Å². The second-order valence-corrected chi connectivity index (χ2v) is 7.73. The van der Waals surface area contributed by atoms with Crippen LogP contribution in [0, 0.1) is 6.92 Å². The van der Waals surface area contributed by atoms with Gasteiger partial charge in [0.1, 0.15) is 12.8 Å². The van der Waals surface area contributed by atoms with Gasteiger partial charge in [-0.3, -0.25) is 9.59 Å². The molecule has 1 aromatic heterocycles. The van der Waals surface area contributed by atoms with Crippen molar-refractivity contribution >= 4 is 29.5 Å². The molecule has 9 nitrogen and oxygen atoms in total. The van der Waals surface area contributed by atoms with E-state index in [9.17, 15) is 9.59 Å². The SMILES string of the molecule is CCNC(=O)COC1CCCCN1C(=O)C=Cc1ccc(Cl)cc1Cn1nnc(C)n1. The third kappa shape index (κ3) is 6.60. The summed E-state index contributed by atoms with van der Waals surface area (Å²) in [4.78, 5) is 27.8. The first-order valence-electron chi connectivity index (χ1n) is 10.4. The number of halogens is 1. The molecule has 2 heterocycles. The number of ether oxygens (including phenoxy) is 1. The topological polar surface area (TPSA) is 102 Å². The van der Waals surface area contributed by atoms with Crippen molar-refractivity contribution in [1.82, 2.24) is 30.4 Å². The van der Waals surface area contributed by atoms with Crippen LogP contribution in [0.4, 0.5) is 0 Å².